The summed E-state index contributed by atoms with van der Waals surface area (Å²) in [7, 11) is 0. The van der Waals surface area contributed by atoms with E-state index in [2.05, 4.69) is 0 Å². The first-order valence-corrected chi connectivity index (χ1v) is 7.15. The Bertz CT molecular complexity index is 209. The van der Waals surface area contributed by atoms with Gasteiger partial charge in [0, 0.05) is 19.1 Å². The molecule has 92 valence electrons. The third kappa shape index (κ3) is 2.43. The van der Waals surface area contributed by atoms with Crippen molar-refractivity contribution in [2.75, 3.05) is 13.2 Å². The molecule has 2 atom stereocenters. The average Bonchev–Trinajstić information content (AvgIpc) is 2.57. The van der Waals surface area contributed by atoms with Crippen molar-refractivity contribution in [2.24, 2.45) is 17.8 Å². The lowest BCUT2D eigenvalue weighted by Gasteiger charge is -2.41. The summed E-state index contributed by atoms with van der Waals surface area (Å²) in [5.41, 5.74) is 0. The first kappa shape index (κ1) is 11.0. The van der Waals surface area contributed by atoms with Crippen LogP contribution in [-0.4, -0.2) is 19.5 Å². The van der Waals surface area contributed by atoms with Gasteiger partial charge in [-0.25, -0.2) is 0 Å². The summed E-state index contributed by atoms with van der Waals surface area (Å²) in [4.78, 5) is 0. The van der Waals surface area contributed by atoms with Crippen LogP contribution in [0.25, 0.3) is 0 Å². The topological polar surface area (TPSA) is 18.5 Å². The molecule has 2 heteroatoms. The molecule has 16 heavy (non-hydrogen) atoms. The van der Waals surface area contributed by atoms with E-state index in [1.54, 1.807) is 0 Å². The number of ether oxygens (including phenoxy) is 2. The van der Waals surface area contributed by atoms with Crippen LogP contribution in [0.3, 0.4) is 0 Å². The Balaban J connectivity index is 1.60. The van der Waals surface area contributed by atoms with E-state index in [0.29, 0.717) is 5.92 Å². The summed E-state index contributed by atoms with van der Waals surface area (Å²) in [5, 5.41) is 0. The second-order valence-electron chi connectivity index (χ2n) is 5.95. The lowest BCUT2D eigenvalue weighted by molar-refractivity contribution is -0.172. The minimum Gasteiger partial charge on any atom is -0.352 e. The summed E-state index contributed by atoms with van der Waals surface area (Å²) < 4.78 is 11.8. The van der Waals surface area contributed by atoms with E-state index in [9.17, 15) is 0 Å². The molecular formula is C14H24O2. The minimum atomic E-state index is 0.130. The molecule has 0 radical (unpaired) electrons. The van der Waals surface area contributed by atoms with Crippen LogP contribution in [0.1, 0.15) is 51.4 Å². The highest BCUT2D eigenvalue weighted by Gasteiger charge is 2.36. The number of hydrogen-bond donors (Lipinski definition) is 0. The largest absolute Gasteiger partial charge is 0.352 e. The quantitative estimate of drug-likeness (QED) is 0.680. The second kappa shape index (κ2) is 5.05. The van der Waals surface area contributed by atoms with Gasteiger partial charge < -0.3 is 9.47 Å². The molecule has 2 bridgehead atoms. The maximum atomic E-state index is 5.89. The highest BCUT2D eigenvalue weighted by Crippen LogP contribution is 2.44. The molecule has 2 nitrogen and oxygen atoms in total. The fourth-order valence-corrected chi connectivity index (χ4v) is 3.93. The lowest BCUT2D eigenvalue weighted by Crippen LogP contribution is -2.35. The molecule has 0 aromatic heterocycles. The highest BCUT2D eigenvalue weighted by atomic mass is 16.7. The zero-order chi connectivity index (χ0) is 10.8. The standard InChI is InChI=1S/C14H24O2/c1-2-7-16-14(15-6-1)13-9-11-4-3-5-12(8-11)10-13/h11-14H,1-10H2. The van der Waals surface area contributed by atoms with Crippen molar-refractivity contribution in [3.8, 4) is 0 Å². The van der Waals surface area contributed by atoms with Gasteiger partial charge in [-0.1, -0.05) is 19.3 Å². The molecule has 2 saturated carbocycles. The summed E-state index contributed by atoms with van der Waals surface area (Å²) in [6.45, 7) is 1.83. The van der Waals surface area contributed by atoms with Gasteiger partial charge in [0.05, 0.1) is 0 Å². The van der Waals surface area contributed by atoms with Crippen molar-refractivity contribution >= 4 is 0 Å². The summed E-state index contributed by atoms with van der Waals surface area (Å²) in [6, 6.07) is 0. The molecule has 0 N–H and O–H groups in total. The third-order valence-corrected chi connectivity index (χ3v) is 4.65. The van der Waals surface area contributed by atoms with Crippen molar-refractivity contribution in [1.82, 2.24) is 0 Å². The molecule has 0 amide bonds. The molecule has 0 aromatic rings. The fraction of sp³-hybridized carbons (Fsp3) is 1.00. The Morgan fingerprint density at radius 1 is 0.688 bits per heavy atom. The first-order valence-electron chi connectivity index (χ1n) is 7.15. The molecule has 0 spiro atoms. The van der Waals surface area contributed by atoms with E-state index < -0.39 is 0 Å². The predicted octanol–water partition coefficient (Wildman–Crippen LogP) is 3.36. The van der Waals surface area contributed by atoms with E-state index >= 15 is 0 Å². The normalized spacial score (nSPS) is 41.6. The van der Waals surface area contributed by atoms with Crippen LogP contribution in [-0.2, 0) is 9.47 Å². The number of hydrogen-bond acceptors (Lipinski definition) is 2. The smallest absolute Gasteiger partial charge is 0.160 e. The maximum Gasteiger partial charge on any atom is 0.160 e. The molecule has 0 aromatic carbocycles. The SMILES string of the molecule is C1CCOC(C2CC3CCCC(C3)C2)OC1. The van der Waals surface area contributed by atoms with Crippen molar-refractivity contribution in [3.63, 3.8) is 0 Å². The van der Waals surface area contributed by atoms with Gasteiger partial charge in [-0.2, -0.15) is 0 Å². The molecule has 1 heterocycles. The average molecular weight is 224 g/mol. The van der Waals surface area contributed by atoms with Gasteiger partial charge >= 0.3 is 0 Å². The third-order valence-electron chi connectivity index (χ3n) is 4.65. The van der Waals surface area contributed by atoms with Gasteiger partial charge in [0.15, 0.2) is 6.29 Å². The molecule has 2 unspecified atom stereocenters. The number of fused-ring (bicyclic) bond motifs is 2. The van der Waals surface area contributed by atoms with Crippen LogP contribution < -0.4 is 0 Å². The fourth-order valence-electron chi connectivity index (χ4n) is 3.93. The monoisotopic (exact) mass is 224 g/mol. The van der Waals surface area contributed by atoms with Gasteiger partial charge in [0.2, 0.25) is 0 Å². The molecule has 3 aliphatic rings. The van der Waals surface area contributed by atoms with Gasteiger partial charge in [-0.05, 0) is 43.9 Å². The van der Waals surface area contributed by atoms with E-state index in [4.69, 9.17) is 9.47 Å². The molecule has 2 aliphatic carbocycles. The zero-order valence-corrected chi connectivity index (χ0v) is 10.2. The van der Waals surface area contributed by atoms with E-state index in [0.717, 1.165) is 25.0 Å². The first-order chi connectivity index (χ1) is 7.92. The van der Waals surface area contributed by atoms with Crippen LogP contribution in [0.15, 0.2) is 0 Å². The Morgan fingerprint density at radius 2 is 1.31 bits per heavy atom. The van der Waals surface area contributed by atoms with Crippen LogP contribution in [0.4, 0.5) is 0 Å². The van der Waals surface area contributed by atoms with Gasteiger partial charge in [0.1, 0.15) is 0 Å². The molecule has 3 fully saturated rings. The molecular weight excluding hydrogens is 200 g/mol. The van der Waals surface area contributed by atoms with E-state index in [-0.39, 0.29) is 6.29 Å². The molecule has 1 saturated heterocycles. The summed E-state index contributed by atoms with van der Waals surface area (Å²) in [5.74, 6) is 2.66. The van der Waals surface area contributed by atoms with Gasteiger partial charge in [-0.3, -0.25) is 0 Å². The van der Waals surface area contributed by atoms with Crippen molar-refractivity contribution in [3.05, 3.63) is 0 Å². The number of rotatable bonds is 1. The van der Waals surface area contributed by atoms with E-state index in [1.807, 2.05) is 0 Å². The summed E-state index contributed by atoms with van der Waals surface area (Å²) in [6.07, 6.45) is 11.1. The van der Waals surface area contributed by atoms with Crippen molar-refractivity contribution in [2.45, 2.75) is 57.7 Å². The predicted molar refractivity (Wildman–Crippen MR) is 63.1 cm³/mol. The van der Waals surface area contributed by atoms with Crippen LogP contribution in [0.2, 0.25) is 0 Å². The van der Waals surface area contributed by atoms with Crippen molar-refractivity contribution in [1.29, 1.82) is 0 Å². The molecule has 1 aliphatic heterocycles. The summed E-state index contributed by atoms with van der Waals surface area (Å²) >= 11 is 0. The lowest BCUT2D eigenvalue weighted by atomic mass is 9.68. The van der Waals surface area contributed by atoms with Gasteiger partial charge in [0.25, 0.3) is 0 Å². The second-order valence-corrected chi connectivity index (χ2v) is 5.95. The van der Waals surface area contributed by atoms with Crippen LogP contribution in [0.5, 0.6) is 0 Å². The Morgan fingerprint density at radius 3 is 1.94 bits per heavy atom. The highest BCUT2D eigenvalue weighted by molar-refractivity contribution is 4.84. The Kier molecular flexibility index (Phi) is 3.49. The van der Waals surface area contributed by atoms with Crippen LogP contribution >= 0.6 is 0 Å². The van der Waals surface area contributed by atoms with Gasteiger partial charge in [-0.15, -0.1) is 0 Å². The Hall–Kier alpha value is -0.0800. The van der Waals surface area contributed by atoms with E-state index in [1.165, 1.54) is 51.4 Å². The van der Waals surface area contributed by atoms with Crippen molar-refractivity contribution < 1.29 is 9.47 Å². The maximum absolute atomic E-state index is 5.89. The minimum absolute atomic E-state index is 0.130. The zero-order valence-electron chi connectivity index (χ0n) is 10.2. The Labute approximate surface area is 98.7 Å². The molecule has 3 rings (SSSR count). The van der Waals surface area contributed by atoms with Crippen LogP contribution in [0, 0.1) is 17.8 Å².